The Morgan fingerprint density at radius 1 is 1.18 bits per heavy atom. The molecule has 88 valence electrons. The second kappa shape index (κ2) is 4.45. The summed E-state index contributed by atoms with van der Waals surface area (Å²) >= 11 is 0. The smallest absolute Gasteiger partial charge is 0.165 e. The molecule has 5 heteroatoms. The number of halogens is 2. The van der Waals surface area contributed by atoms with Crippen LogP contribution in [0.1, 0.15) is 5.82 Å². The molecule has 0 amide bonds. The van der Waals surface area contributed by atoms with Gasteiger partial charge in [-0.1, -0.05) is 0 Å². The van der Waals surface area contributed by atoms with Gasteiger partial charge in [-0.3, -0.25) is 0 Å². The van der Waals surface area contributed by atoms with Gasteiger partial charge < -0.3 is 4.74 Å². The molecule has 0 spiro atoms. The fourth-order valence-electron chi connectivity index (χ4n) is 1.49. The van der Waals surface area contributed by atoms with Gasteiger partial charge in [0.1, 0.15) is 11.6 Å². The van der Waals surface area contributed by atoms with E-state index in [9.17, 15) is 8.78 Å². The highest BCUT2D eigenvalue weighted by Gasteiger charge is 2.13. The quantitative estimate of drug-likeness (QED) is 0.804. The molecule has 0 bridgehead atoms. The molecule has 17 heavy (non-hydrogen) atoms. The molecule has 1 heterocycles. The van der Waals surface area contributed by atoms with Gasteiger partial charge in [-0.2, -0.15) is 0 Å². The third-order valence-corrected chi connectivity index (χ3v) is 2.29. The maximum Gasteiger partial charge on any atom is 0.165 e. The van der Waals surface area contributed by atoms with Crippen molar-refractivity contribution in [1.29, 1.82) is 0 Å². The lowest BCUT2D eigenvalue weighted by molar-refractivity contribution is 0.383. The molecule has 0 radical (unpaired) electrons. The van der Waals surface area contributed by atoms with E-state index in [0.717, 1.165) is 12.1 Å². The van der Waals surface area contributed by atoms with Gasteiger partial charge in [0.05, 0.1) is 12.8 Å². The fourth-order valence-corrected chi connectivity index (χ4v) is 1.49. The van der Waals surface area contributed by atoms with Crippen molar-refractivity contribution in [3.05, 3.63) is 41.9 Å². The molecule has 0 aliphatic carbocycles. The number of methoxy groups -OCH3 is 1. The molecule has 0 fully saturated rings. The molecule has 1 aromatic heterocycles. The number of ether oxygens (including phenoxy) is 1. The summed E-state index contributed by atoms with van der Waals surface area (Å²) in [4.78, 5) is 7.94. The van der Waals surface area contributed by atoms with E-state index in [-0.39, 0.29) is 11.3 Å². The Hall–Kier alpha value is -2.04. The Labute approximate surface area is 97.1 Å². The molecule has 0 atom stereocenters. The molecule has 0 unspecified atom stereocenters. The number of hydrogen-bond donors (Lipinski definition) is 0. The summed E-state index contributed by atoms with van der Waals surface area (Å²) in [5, 5.41) is 0. The molecular weight excluding hydrogens is 226 g/mol. The van der Waals surface area contributed by atoms with E-state index < -0.39 is 11.6 Å². The summed E-state index contributed by atoms with van der Waals surface area (Å²) in [7, 11) is 1.28. The molecule has 3 nitrogen and oxygen atoms in total. The highest BCUT2D eigenvalue weighted by atomic mass is 19.1. The molecule has 0 aliphatic heterocycles. The van der Waals surface area contributed by atoms with E-state index >= 15 is 0 Å². The number of rotatable bonds is 2. The van der Waals surface area contributed by atoms with Crippen LogP contribution in [0.3, 0.4) is 0 Å². The minimum atomic E-state index is -0.625. The van der Waals surface area contributed by atoms with Crippen molar-refractivity contribution in [3.8, 4) is 17.0 Å². The van der Waals surface area contributed by atoms with Crippen molar-refractivity contribution in [2.75, 3.05) is 7.11 Å². The van der Waals surface area contributed by atoms with Crippen LogP contribution < -0.4 is 4.74 Å². The van der Waals surface area contributed by atoms with Crippen molar-refractivity contribution in [2.45, 2.75) is 6.92 Å². The van der Waals surface area contributed by atoms with Crippen molar-refractivity contribution in [2.24, 2.45) is 0 Å². The van der Waals surface area contributed by atoms with Gasteiger partial charge in [-0.15, -0.1) is 0 Å². The van der Waals surface area contributed by atoms with E-state index in [2.05, 4.69) is 9.97 Å². The second-order valence-corrected chi connectivity index (χ2v) is 3.46. The minimum Gasteiger partial charge on any atom is -0.494 e. The topological polar surface area (TPSA) is 35.0 Å². The van der Waals surface area contributed by atoms with E-state index in [1.807, 2.05) is 0 Å². The highest BCUT2D eigenvalue weighted by molar-refractivity contribution is 5.61. The molecule has 0 N–H and O–H groups in total. The van der Waals surface area contributed by atoms with Crippen LogP contribution in [0.2, 0.25) is 0 Å². The standard InChI is InChI=1S/C12H10F2N2O/c1-7-15-4-3-11(16-7)8-5-10(14)12(17-2)6-9(8)13/h3-6H,1-2H3. The number of aryl methyl sites for hydroxylation is 1. The van der Waals surface area contributed by atoms with Gasteiger partial charge in [0, 0.05) is 17.8 Å². The van der Waals surface area contributed by atoms with Crippen LogP contribution in [0.5, 0.6) is 5.75 Å². The maximum absolute atomic E-state index is 13.7. The monoisotopic (exact) mass is 236 g/mol. The predicted octanol–water partition coefficient (Wildman–Crippen LogP) is 2.74. The Morgan fingerprint density at radius 2 is 1.94 bits per heavy atom. The molecule has 2 rings (SSSR count). The summed E-state index contributed by atoms with van der Waals surface area (Å²) in [5.74, 6) is -0.836. The van der Waals surface area contributed by atoms with Crippen LogP contribution in [-0.2, 0) is 0 Å². The largest absolute Gasteiger partial charge is 0.494 e. The van der Waals surface area contributed by atoms with Crippen molar-refractivity contribution in [1.82, 2.24) is 9.97 Å². The zero-order valence-electron chi connectivity index (χ0n) is 9.37. The van der Waals surface area contributed by atoms with Crippen LogP contribution in [0.15, 0.2) is 24.4 Å². The first-order chi connectivity index (χ1) is 8.11. The maximum atomic E-state index is 13.7. The Kier molecular flexibility index (Phi) is 2.99. The first-order valence-electron chi connectivity index (χ1n) is 4.95. The van der Waals surface area contributed by atoms with E-state index in [1.165, 1.54) is 19.4 Å². The third kappa shape index (κ3) is 2.22. The van der Waals surface area contributed by atoms with E-state index in [4.69, 9.17) is 4.74 Å². The lowest BCUT2D eigenvalue weighted by Crippen LogP contribution is -1.96. The van der Waals surface area contributed by atoms with Gasteiger partial charge in [0.25, 0.3) is 0 Å². The Morgan fingerprint density at radius 3 is 2.59 bits per heavy atom. The fraction of sp³-hybridized carbons (Fsp3) is 0.167. The minimum absolute atomic E-state index is 0.0915. The molecule has 0 saturated carbocycles. The number of aromatic nitrogens is 2. The molecule has 0 aliphatic rings. The highest BCUT2D eigenvalue weighted by Crippen LogP contribution is 2.27. The predicted molar refractivity (Wildman–Crippen MR) is 58.7 cm³/mol. The SMILES string of the molecule is COc1cc(F)c(-c2ccnc(C)n2)cc1F. The first-order valence-corrected chi connectivity index (χ1v) is 4.95. The van der Waals surface area contributed by atoms with Crippen LogP contribution in [0.25, 0.3) is 11.3 Å². The summed E-state index contributed by atoms with van der Waals surface area (Å²) in [6.07, 6.45) is 1.50. The normalized spacial score (nSPS) is 10.4. The second-order valence-electron chi connectivity index (χ2n) is 3.46. The summed E-state index contributed by atoms with van der Waals surface area (Å²) < 4.78 is 31.9. The van der Waals surface area contributed by atoms with E-state index in [1.54, 1.807) is 6.92 Å². The molecule has 0 saturated heterocycles. The summed E-state index contributed by atoms with van der Waals surface area (Å²) in [5.41, 5.74) is 0.436. The van der Waals surface area contributed by atoms with E-state index in [0.29, 0.717) is 11.5 Å². The average Bonchev–Trinajstić information content (AvgIpc) is 2.31. The van der Waals surface area contributed by atoms with Crippen LogP contribution >= 0.6 is 0 Å². The molecule has 1 aromatic carbocycles. The number of hydrogen-bond acceptors (Lipinski definition) is 3. The Balaban J connectivity index is 2.56. The third-order valence-electron chi connectivity index (χ3n) is 2.29. The molecule has 2 aromatic rings. The van der Waals surface area contributed by atoms with Crippen LogP contribution in [0.4, 0.5) is 8.78 Å². The molecular formula is C12H10F2N2O. The number of benzene rings is 1. The van der Waals surface area contributed by atoms with Crippen molar-refractivity contribution in [3.63, 3.8) is 0 Å². The lowest BCUT2D eigenvalue weighted by Gasteiger charge is -2.07. The lowest BCUT2D eigenvalue weighted by atomic mass is 10.1. The van der Waals surface area contributed by atoms with Gasteiger partial charge in [-0.25, -0.2) is 18.7 Å². The zero-order valence-corrected chi connectivity index (χ0v) is 9.37. The summed E-state index contributed by atoms with van der Waals surface area (Å²) in [6, 6.07) is 3.59. The average molecular weight is 236 g/mol. The van der Waals surface area contributed by atoms with Crippen LogP contribution in [-0.4, -0.2) is 17.1 Å². The van der Waals surface area contributed by atoms with Crippen LogP contribution in [0, 0.1) is 18.6 Å². The van der Waals surface area contributed by atoms with Crippen molar-refractivity contribution < 1.29 is 13.5 Å². The van der Waals surface area contributed by atoms with Gasteiger partial charge in [0.15, 0.2) is 11.6 Å². The van der Waals surface area contributed by atoms with Gasteiger partial charge in [0.2, 0.25) is 0 Å². The zero-order chi connectivity index (χ0) is 12.4. The van der Waals surface area contributed by atoms with Gasteiger partial charge >= 0.3 is 0 Å². The Bertz CT molecular complexity index is 558. The van der Waals surface area contributed by atoms with Crippen molar-refractivity contribution >= 4 is 0 Å². The van der Waals surface area contributed by atoms with Gasteiger partial charge in [-0.05, 0) is 19.1 Å². The summed E-state index contributed by atoms with van der Waals surface area (Å²) in [6.45, 7) is 1.68. The first kappa shape index (κ1) is 11.4. The number of nitrogens with zero attached hydrogens (tertiary/aromatic N) is 2.